The third-order valence-corrected chi connectivity index (χ3v) is 4.70. The molecular formula is C11H19N3O2S. The van der Waals surface area contributed by atoms with Crippen LogP contribution < -0.4 is 4.72 Å². The van der Waals surface area contributed by atoms with Crippen LogP contribution in [0.25, 0.3) is 0 Å². The SMILES string of the molecule is O=S(=O)(NC1CCCCCCC1)c1cn[nH]c1. The molecule has 2 N–H and O–H groups in total. The van der Waals surface area contributed by atoms with Gasteiger partial charge in [-0.15, -0.1) is 0 Å². The summed E-state index contributed by atoms with van der Waals surface area (Å²) in [6.45, 7) is 0. The van der Waals surface area contributed by atoms with Gasteiger partial charge in [-0.1, -0.05) is 32.1 Å². The largest absolute Gasteiger partial charge is 0.284 e. The first-order chi connectivity index (χ1) is 8.18. The summed E-state index contributed by atoms with van der Waals surface area (Å²) in [5, 5.41) is 6.20. The molecule has 0 bridgehead atoms. The van der Waals surface area contributed by atoms with Gasteiger partial charge in [0.2, 0.25) is 10.0 Å². The van der Waals surface area contributed by atoms with E-state index < -0.39 is 10.0 Å². The zero-order valence-corrected chi connectivity index (χ0v) is 10.7. The van der Waals surface area contributed by atoms with E-state index in [9.17, 15) is 8.42 Å². The lowest BCUT2D eigenvalue weighted by atomic mass is 9.97. The zero-order chi connectivity index (χ0) is 12.1. The maximum absolute atomic E-state index is 12.0. The summed E-state index contributed by atoms with van der Waals surface area (Å²) in [5.74, 6) is 0. The van der Waals surface area contributed by atoms with Crippen LogP contribution in [0.4, 0.5) is 0 Å². The van der Waals surface area contributed by atoms with E-state index in [2.05, 4.69) is 14.9 Å². The number of sulfonamides is 1. The lowest BCUT2D eigenvalue weighted by Crippen LogP contribution is -2.35. The Kier molecular flexibility index (Phi) is 4.17. The molecule has 0 radical (unpaired) electrons. The van der Waals surface area contributed by atoms with Crippen LogP contribution in [0.3, 0.4) is 0 Å². The van der Waals surface area contributed by atoms with Crippen molar-refractivity contribution in [3.8, 4) is 0 Å². The lowest BCUT2D eigenvalue weighted by molar-refractivity contribution is 0.426. The van der Waals surface area contributed by atoms with Gasteiger partial charge >= 0.3 is 0 Å². The second kappa shape index (κ2) is 5.64. The van der Waals surface area contributed by atoms with E-state index in [1.165, 1.54) is 31.7 Å². The van der Waals surface area contributed by atoms with E-state index in [1.54, 1.807) is 0 Å². The normalized spacial score (nSPS) is 19.8. The predicted molar refractivity (Wildman–Crippen MR) is 65.0 cm³/mol. The Bertz CT molecular complexity index is 420. The molecule has 1 aliphatic rings. The van der Waals surface area contributed by atoms with Gasteiger partial charge < -0.3 is 0 Å². The minimum atomic E-state index is -3.39. The standard InChI is InChI=1S/C11H19N3O2S/c15-17(16,11-8-12-13-9-11)14-10-6-4-2-1-3-5-7-10/h8-10,14H,1-7H2,(H,12,13). The fourth-order valence-corrected chi connectivity index (χ4v) is 3.46. The van der Waals surface area contributed by atoms with Crippen molar-refractivity contribution in [1.82, 2.24) is 14.9 Å². The molecule has 1 saturated carbocycles. The maximum Gasteiger partial charge on any atom is 0.243 e. The monoisotopic (exact) mass is 257 g/mol. The molecule has 0 aromatic carbocycles. The Hall–Kier alpha value is -0.880. The highest BCUT2D eigenvalue weighted by atomic mass is 32.2. The topological polar surface area (TPSA) is 74.8 Å². The quantitative estimate of drug-likeness (QED) is 0.867. The molecule has 0 spiro atoms. The van der Waals surface area contributed by atoms with E-state index in [-0.39, 0.29) is 10.9 Å². The summed E-state index contributed by atoms with van der Waals surface area (Å²) in [4.78, 5) is 0.222. The summed E-state index contributed by atoms with van der Waals surface area (Å²) >= 11 is 0. The van der Waals surface area contributed by atoms with Crippen molar-refractivity contribution in [1.29, 1.82) is 0 Å². The van der Waals surface area contributed by atoms with Crippen molar-refractivity contribution in [2.24, 2.45) is 0 Å². The zero-order valence-electron chi connectivity index (χ0n) is 9.85. The molecule has 1 aromatic heterocycles. The third-order valence-electron chi connectivity index (χ3n) is 3.21. The first-order valence-corrected chi connectivity index (χ1v) is 7.68. The minimum Gasteiger partial charge on any atom is -0.284 e. The molecule has 1 aliphatic carbocycles. The average Bonchev–Trinajstić information content (AvgIpc) is 2.75. The summed E-state index contributed by atoms with van der Waals surface area (Å²) in [6, 6.07) is 0.0789. The molecule has 96 valence electrons. The highest BCUT2D eigenvalue weighted by molar-refractivity contribution is 7.89. The Morgan fingerprint density at radius 2 is 1.82 bits per heavy atom. The molecule has 5 nitrogen and oxygen atoms in total. The molecular weight excluding hydrogens is 238 g/mol. The molecule has 1 fully saturated rings. The number of aromatic amines is 1. The van der Waals surface area contributed by atoms with Gasteiger partial charge in [-0.3, -0.25) is 5.10 Å². The summed E-state index contributed by atoms with van der Waals surface area (Å²) < 4.78 is 26.8. The van der Waals surface area contributed by atoms with Crippen LogP contribution >= 0.6 is 0 Å². The van der Waals surface area contributed by atoms with Crippen LogP contribution in [0.2, 0.25) is 0 Å². The second-order valence-corrected chi connectivity index (χ2v) is 6.31. The fourth-order valence-electron chi connectivity index (χ4n) is 2.25. The molecule has 6 heteroatoms. The molecule has 0 atom stereocenters. The Morgan fingerprint density at radius 1 is 1.18 bits per heavy atom. The van der Waals surface area contributed by atoms with Gasteiger partial charge in [-0.2, -0.15) is 5.10 Å². The van der Waals surface area contributed by atoms with Crippen molar-refractivity contribution < 1.29 is 8.42 Å². The van der Waals surface area contributed by atoms with Crippen molar-refractivity contribution >= 4 is 10.0 Å². The van der Waals surface area contributed by atoms with Crippen LogP contribution in [-0.2, 0) is 10.0 Å². The Balaban J connectivity index is 1.99. The summed E-state index contributed by atoms with van der Waals surface area (Å²) in [7, 11) is -3.39. The number of rotatable bonds is 3. The minimum absolute atomic E-state index is 0.0789. The highest BCUT2D eigenvalue weighted by Crippen LogP contribution is 2.18. The predicted octanol–water partition coefficient (Wildman–Crippen LogP) is 1.80. The van der Waals surface area contributed by atoms with Gasteiger partial charge in [0.1, 0.15) is 4.90 Å². The van der Waals surface area contributed by atoms with Gasteiger partial charge in [-0.25, -0.2) is 13.1 Å². The van der Waals surface area contributed by atoms with Gasteiger partial charge in [0.05, 0.1) is 6.20 Å². The van der Waals surface area contributed by atoms with Gasteiger partial charge in [0.15, 0.2) is 0 Å². The molecule has 0 saturated heterocycles. The molecule has 0 amide bonds. The Morgan fingerprint density at radius 3 is 2.41 bits per heavy atom. The molecule has 17 heavy (non-hydrogen) atoms. The van der Waals surface area contributed by atoms with Gasteiger partial charge in [0, 0.05) is 12.2 Å². The van der Waals surface area contributed by atoms with Gasteiger partial charge in [0.25, 0.3) is 0 Å². The Labute approximate surface area is 102 Å². The third kappa shape index (κ3) is 3.54. The number of H-pyrrole nitrogens is 1. The highest BCUT2D eigenvalue weighted by Gasteiger charge is 2.21. The van der Waals surface area contributed by atoms with E-state index in [0.717, 1.165) is 25.7 Å². The number of nitrogens with one attached hydrogen (secondary N) is 2. The number of nitrogens with zero attached hydrogens (tertiary/aromatic N) is 1. The smallest absolute Gasteiger partial charge is 0.243 e. The van der Waals surface area contributed by atoms with Crippen LogP contribution in [0.15, 0.2) is 17.3 Å². The van der Waals surface area contributed by atoms with Crippen LogP contribution in [0.1, 0.15) is 44.9 Å². The summed E-state index contributed by atoms with van der Waals surface area (Å²) in [5.41, 5.74) is 0. The molecule has 1 heterocycles. The first kappa shape index (κ1) is 12.6. The number of hydrogen-bond donors (Lipinski definition) is 2. The van der Waals surface area contributed by atoms with E-state index in [1.807, 2.05) is 0 Å². The molecule has 0 unspecified atom stereocenters. The van der Waals surface area contributed by atoms with Crippen LogP contribution in [-0.4, -0.2) is 24.7 Å². The molecule has 1 aromatic rings. The van der Waals surface area contributed by atoms with Crippen molar-refractivity contribution in [3.05, 3.63) is 12.4 Å². The van der Waals surface area contributed by atoms with Gasteiger partial charge in [-0.05, 0) is 12.8 Å². The number of aromatic nitrogens is 2. The summed E-state index contributed by atoms with van der Waals surface area (Å²) in [6.07, 6.45) is 10.6. The van der Waals surface area contributed by atoms with Crippen LogP contribution in [0, 0.1) is 0 Å². The number of hydrogen-bond acceptors (Lipinski definition) is 3. The van der Waals surface area contributed by atoms with E-state index in [4.69, 9.17) is 0 Å². The molecule has 0 aliphatic heterocycles. The average molecular weight is 257 g/mol. The van der Waals surface area contributed by atoms with Crippen molar-refractivity contribution in [2.45, 2.75) is 55.9 Å². The lowest BCUT2D eigenvalue weighted by Gasteiger charge is -2.20. The van der Waals surface area contributed by atoms with E-state index >= 15 is 0 Å². The second-order valence-electron chi connectivity index (χ2n) is 4.60. The molecule has 2 rings (SSSR count). The van der Waals surface area contributed by atoms with E-state index in [0.29, 0.717) is 0 Å². The first-order valence-electron chi connectivity index (χ1n) is 6.19. The van der Waals surface area contributed by atoms with Crippen molar-refractivity contribution in [3.63, 3.8) is 0 Å². The fraction of sp³-hybridized carbons (Fsp3) is 0.727. The van der Waals surface area contributed by atoms with Crippen molar-refractivity contribution in [2.75, 3.05) is 0 Å². The maximum atomic E-state index is 12.0. The van der Waals surface area contributed by atoms with Crippen LogP contribution in [0.5, 0.6) is 0 Å².